The topological polar surface area (TPSA) is 163 Å². The lowest BCUT2D eigenvalue weighted by molar-refractivity contribution is -0.383. The fourth-order valence-electron chi connectivity index (χ4n) is 4.19. The summed E-state index contributed by atoms with van der Waals surface area (Å²) < 4.78 is 16.2. The van der Waals surface area contributed by atoms with E-state index >= 15 is 0 Å². The third-order valence-electron chi connectivity index (χ3n) is 6.02. The standard InChI is InChI=1S/C27H38N6O7/c1-6-8-13-39-25-29-23(28)22(33(36)37)24(30-25)32(17-21(34)38-7-2)15-18-9-10-19-11-12-31(16-20(19)14-18)26(35)40-27(3,4)5/h9-10,14H,6-8,11-13,15-17H2,1-5H3,(H2,28,29,30). The Morgan fingerprint density at radius 1 is 1.20 bits per heavy atom. The molecule has 0 fully saturated rings. The molecule has 40 heavy (non-hydrogen) atoms. The van der Waals surface area contributed by atoms with E-state index in [4.69, 9.17) is 19.9 Å². The number of rotatable bonds is 11. The molecule has 218 valence electrons. The number of aromatic nitrogens is 2. The van der Waals surface area contributed by atoms with Gasteiger partial charge in [0.15, 0.2) is 0 Å². The highest BCUT2D eigenvalue weighted by Crippen LogP contribution is 2.34. The monoisotopic (exact) mass is 558 g/mol. The normalized spacial score (nSPS) is 12.9. The number of anilines is 2. The van der Waals surface area contributed by atoms with Gasteiger partial charge < -0.3 is 29.7 Å². The minimum absolute atomic E-state index is 0.0736. The van der Waals surface area contributed by atoms with Crippen molar-refractivity contribution in [3.63, 3.8) is 0 Å². The molecule has 2 aromatic rings. The number of hydrogen-bond donors (Lipinski definition) is 1. The van der Waals surface area contributed by atoms with Crippen molar-refractivity contribution in [1.82, 2.24) is 14.9 Å². The average Bonchev–Trinajstić information content (AvgIpc) is 2.86. The molecule has 0 aliphatic carbocycles. The van der Waals surface area contributed by atoms with Gasteiger partial charge in [-0.2, -0.15) is 9.97 Å². The largest absolute Gasteiger partial charge is 0.465 e. The van der Waals surface area contributed by atoms with Crippen LogP contribution in [0.2, 0.25) is 0 Å². The van der Waals surface area contributed by atoms with Crippen molar-refractivity contribution in [1.29, 1.82) is 0 Å². The summed E-state index contributed by atoms with van der Waals surface area (Å²) in [5, 5.41) is 12.0. The number of nitro groups is 1. The predicted octanol–water partition coefficient (Wildman–Crippen LogP) is 4.01. The molecule has 2 heterocycles. The van der Waals surface area contributed by atoms with Crippen molar-refractivity contribution in [2.45, 2.75) is 72.6 Å². The van der Waals surface area contributed by atoms with E-state index < -0.39 is 28.3 Å². The number of nitrogen functional groups attached to an aromatic ring is 1. The van der Waals surface area contributed by atoms with Gasteiger partial charge in [0, 0.05) is 19.6 Å². The molecule has 1 aliphatic rings. The van der Waals surface area contributed by atoms with E-state index in [1.54, 1.807) is 11.8 Å². The number of unbranched alkanes of at least 4 members (excludes halogenated alkanes) is 1. The molecule has 0 unspecified atom stereocenters. The highest BCUT2D eigenvalue weighted by Gasteiger charge is 2.30. The van der Waals surface area contributed by atoms with E-state index in [2.05, 4.69) is 9.97 Å². The van der Waals surface area contributed by atoms with Gasteiger partial charge in [0.1, 0.15) is 12.1 Å². The average molecular weight is 559 g/mol. The number of fused-ring (bicyclic) bond motifs is 1. The van der Waals surface area contributed by atoms with Crippen LogP contribution in [0.1, 0.15) is 64.2 Å². The molecule has 0 atom stereocenters. The molecule has 0 bridgehead atoms. The van der Waals surface area contributed by atoms with Crippen LogP contribution in [0.3, 0.4) is 0 Å². The van der Waals surface area contributed by atoms with Gasteiger partial charge in [-0.3, -0.25) is 14.9 Å². The molecule has 1 aromatic carbocycles. The highest BCUT2D eigenvalue weighted by atomic mass is 16.6. The Labute approximate surface area is 233 Å². The van der Waals surface area contributed by atoms with Gasteiger partial charge in [-0.05, 0) is 57.2 Å². The van der Waals surface area contributed by atoms with E-state index in [0.29, 0.717) is 26.1 Å². The number of amides is 1. The van der Waals surface area contributed by atoms with Crippen LogP contribution < -0.4 is 15.4 Å². The number of ether oxygens (including phenoxy) is 3. The Bertz CT molecular complexity index is 1230. The number of benzene rings is 1. The minimum Gasteiger partial charge on any atom is -0.465 e. The lowest BCUT2D eigenvalue weighted by Gasteiger charge is -2.31. The van der Waals surface area contributed by atoms with Crippen molar-refractivity contribution in [3.8, 4) is 6.01 Å². The van der Waals surface area contributed by atoms with Gasteiger partial charge in [0.25, 0.3) is 0 Å². The summed E-state index contributed by atoms with van der Waals surface area (Å²) >= 11 is 0. The van der Waals surface area contributed by atoms with E-state index in [1.807, 2.05) is 45.9 Å². The zero-order chi connectivity index (χ0) is 29.4. The zero-order valence-electron chi connectivity index (χ0n) is 23.8. The summed E-state index contributed by atoms with van der Waals surface area (Å²) in [5.41, 5.74) is 7.58. The van der Waals surface area contributed by atoms with Gasteiger partial charge in [-0.25, -0.2) is 4.79 Å². The van der Waals surface area contributed by atoms with Crippen molar-refractivity contribution >= 4 is 29.4 Å². The highest BCUT2D eigenvalue weighted by molar-refractivity contribution is 5.78. The van der Waals surface area contributed by atoms with Gasteiger partial charge in [-0.15, -0.1) is 0 Å². The first-order valence-corrected chi connectivity index (χ1v) is 13.4. The quantitative estimate of drug-likeness (QED) is 0.183. The fraction of sp³-hybridized carbons (Fsp3) is 0.556. The van der Waals surface area contributed by atoms with Crippen LogP contribution in [0.4, 0.5) is 22.1 Å². The van der Waals surface area contributed by atoms with Crippen LogP contribution in [0.5, 0.6) is 6.01 Å². The van der Waals surface area contributed by atoms with Crippen LogP contribution in [0.15, 0.2) is 18.2 Å². The van der Waals surface area contributed by atoms with Crippen molar-refractivity contribution in [2.75, 3.05) is 36.9 Å². The van der Waals surface area contributed by atoms with E-state index in [1.165, 1.54) is 4.90 Å². The maximum Gasteiger partial charge on any atom is 0.410 e. The fourth-order valence-corrected chi connectivity index (χ4v) is 4.19. The van der Waals surface area contributed by atoms with Crippen LogP contribution in [-0.4, -0.2) is 63.8 Å². The predicted molar refractivity (Wildman–Crippen MR) is 148 cm³/mol. The summed E-state index contributed by atoms with van der Waals surface area (Å²) in [4.78, 5) is 47.8. The molecule has 1 amide bonds. The van der Waals surface area contributed by atoms with E-state index in [0.717, 1.165) is 29.5 Å². The number of nitrogens with zero attached hydrogens (tertiary/aromatic N) is 5. The first-order valence-electron chi connectivity index (χ1n) is 13.4. The first-order chi connectivity index (χ1) is 18.9. The van der Waals surface area contributed by atoms with Gasteiger partial charge in [-0.1, -0.05) is 31.5 Å². The number of hydrogen-bond acceptors (Lipinski definition) is 11. The summed E-state index contributed by atoms with van der Waals surface area (Å²) in [7, 11) is 0. The summed E-state index contributed by atoms with van der Waals surface area (Å²) in [6, 6.07) is 5.65. The lowest BCUT2D eigenvalue weighted by atomic mass is 9.97. The van der Waals surface area contributed by atoms with E-state index in [9.17, 15) is 19.7 Å². The van der Waals surface area contributed by atoms with Crippen LogP contribution >= 0.6 is 0 Å². The third kappa shape index (κ3) is 8.17. The van der Waals surface area contributed by atoms with Crippen LogP contribution in [0.25, 0.3) is 0 Å². The molecule has 1 aliphatic heterocycles. The third-order valence-corrected chi connectivity index (χ3v) is 6.02. The van der Waals surface area contributed by atoms with Crippen molar-refractivity contribution in [3.05, 3.63) is 45.0 Å². The summed E-state index contributed by atoms with van der Waals surface area (Å²) in [6.07, 6.45) is 1.87. The Morgan fingerprint density at radius 3 is 2.60 bits per heavy atom. The van der Waals surface area contributed by atoms with Gasteiger partial charge >= 0.3 is 23.8 Å². The Kier molecular flexibility index (Phi) is 10.1. The Balaban J connectivity index is 1.95. The second-order valence-corrected chi connectivity index (χ2v) is 10.4. The Hall–Kier alpha value is -4.16. The molecule has 13 heteroatoms. The van der Waals surface area contributed by atoms with Gasteiger partial charge in [0.05, 0.1) is 18.1 Å². The van der Waals surface area contributed by atoms with Crippen LogP contribution in [0, 0.1) is 10.1 Å². The van der Waals surface area contributed by atoms with Crippen molar-refractivity contribution in [2.24, 2.45) is 0 Å². The van der Waals surface area contributed by atoms with E-state index in [-0.39, 0.29) is 37.3 Å². The Morgan fingerprint density at radius 2 is 1.95 bits per heavy atom. The summed E-state index contributed by atoms with van der Waals surface area (Å²) in [5.74, 6) is -1.10. The first kappa shape index (κ1) is 30.4. The lowest BCUT2D eigenvalue weighted by Crippen LogP contribution is -2.40. The molecule has 0 saturated heterocycles. The zero-order valence-corrected chi connectivity index (χ0v) is 23.8. The minimum atomic E-state index is -0.676. The molecule has 13 nitrogen and oxygen atoms in total. The molecule has 3 rings (SSSR count). The number of esters is 1. The maximum atomic E-state index is 12.7. The maximum absolute atomic E-state index is 12.7. The second-order valence-electron chi connectivity index (χ2n) is 10.4. The number of carbonyl (C=O) groups excluding carboxylic acids is 2. The molecule has 0 saturated carbocycles. The van der Waals surface area contributed by atoms with Crippen molar-refractivity contribution < 1.29 is 28.7 Å². The smallest absolute Gasteiger partial charge is 0.410 e. The number of nitrogens with two attached hydrogens (primary N) is 1. The molecule has 0 radical (unpaired) electrons. The van der Waals surface area contributed by atoms with Gasteiger partial charge in [0.2, 0.25) is 11.6 Å². The summed E-state index contributed by atoms with van der Waals surface area (Å²) in [6.45, 7) is 10.2. The second kappa shape index (κ2) is 13.3. The van der Waals surface area contributed by atoms with Crippen LogP contribution in [-0.2, 0) is 33.8 Å². The molecule has 0 spiro atoms. The number of carbonyl (C=O) groups is 2. The molecular weight excluding hydrogens is 520 g/mol. The molecule has 2 N–H and O–H groups in total. The molecular formula is C27H38N6O7. The SMILES string of the molecule is CCCCOc1nc(N)c([N+](=O)[O-])c(N(CC(=O)OCC)Cc2ccc3c(c2)CN(C(=O)OC(C)(C)C)CC3)n1. The molecule has 1 aromatic heterocycles.